The Morgan fingerprint density at radius 1 is 0.931 bits per heavy atom. The van der Waals surface area contributed by atoms with E-state index in [1.165, 1.54) is 56.4 Å². The van der Waals surface area contributed by atoms with Gasteiger partial charge in [0.25, 0.3) is 5.91 Å². The standard InChI is InChI=1S/C25H33N3O/c1-20-6-5-15-27(18-20)19-21-7-9-22(10-8-21)25(29)26-23-11-13-24(14-12-23)28-16-3-2-4-17-28/h7-14,20H,2-6,15-19H2,1H3,(H,26,29)/t20-/m1/s1. The van der Waals surface area contributed by atoms with E-state index in [-0.39, 0.29) is 5.91 Å². The number of carbonyl (C=O) groups is 1. The first kappa shape index (κ1) is 20.0. The second kappa shape index (κ2) is 9.45. The smallest absolute Gasteiger partial charge is 0.255 e. The predicted octanol–water partition coefficient (Wildman–Crippen LogP) is 5.16. The molecule has 0 saturated carbocycles. The molecule has 29 heavy (non-hydrogen) atoms. The molecule has 1 amide bonds. The van der Waals surface area contributed by atoms with Crippen LogP contribution in [-0.2, 0) is 6.54 Å². The van der Waals surface area contributed by atoms with Crippen molar-refractivity contribution < 1.29 is 4.79 Å². The van der Waals surface area contributed by atoms with Crippen molar-refractivity contribution >= 4 is 17.3 Å². The molecule has 2 aliphatic heterocycles. The topological polar surface area (TPSA) is 35.6 Å². The number of hydrogen-bond acceptors (Lipinski definition) is 3. The molecule has 0 radical (unpaired) electrons. The highest BCUT2D eigenvalue weighted by Gasteiger charge is 2.16. The quantitative estimate of drug-likeness (QED) is 0.764. The Kier molecular flexibility index (Phi) is 6.50. The molecule has 0 spiro atoms. The summed E-state index contributed by atoms with van der Waals surface area (Å²) in [6.07, 6.45) is 6.50. The van der Waals surface area contributed by atoms with Crippen molar-refractivity contribution in [3.8, 4) is 0 Å². The van der Waals surface area contributed by atoms with Crippen LogP contribution in [0.5, 0.6) is 0 Å². The Bertz CT molecular complexity index is 794. The summed E-state index contributed by atoms with van der Waals surface area (Å²) in [4.78, 5) is 17.6. The largest absolute Gasteiger partial charge is 0.372 e. The van der Waals surface area contributed by atoms with Gasteiger partial charge in [-0.25, -0.2) is 0 Å². The highest BCUT2D eigenvalue weighted by atomic mass is 16.1. The van der Waals surface area contributed by atoms with Gasteiger partial charge in [-0.3, -0.25) is 9.69 Å². The molecule has 0 bridgehead atoms. The van der Waals surface area contributed by atoms with Gasteiger partial charge in [-0.15, -0.1) is 0 Å². The van der Waals surface area contributed by atoms with Crippen LogP contribution in [0.3, 0.4) is 0 Å². The van der Waals surface area contributed by atoms with E-state index in [1.807, 2.05) is 24.3 Å². The van der Waals surface area contributed by atoms with E-state index in [0.29, 0.717) is 5.56 Å². The number of rotatable bonds is 5. The molecule has 0 aliphatic carbocycles. The number of amides is 1. The Morgan fingerprint density at radius 2 is 1.66 bits per heavy atom. The molecular weight excluding hydrogens is 358 g/mol. The summed E-state index contributed by atoms with van der Waals surface area (Å²) in [6.45, 7) is 7.93. The molecule has 0 aromatic heterocycles. The molecule has 1 N–H and O–H groups in total. The molecule has 154 valence electrons. The van der Waals surface area contributed by atoms with E-state index in [9.17, 15) is 4.79 Å². The third-order valence-electron chi connectivity index (χ3n) is 6.21. The van der Waals surface area contributed by atoms with Gasteiger partial charge in [0, 0.05) is 43.1 Å². The first-order valence-electron chi connectivity index (χ1n) is 11.1. The van der Waals surface area contributed by atoms with E-state index >= 15 is 0 Å². The lowest BCUT2D eigenvalue weighted by atomic mass is 9.99. The fourth-order valence-corrected chi connectivity index (χ4v) is 4.56. The Balaban J connectivity index is 1.32. The van der Waals surface area contributed by atoms with Gasteiger partial charge < -0.3 is 10.2 Å². The second-order valence-corrected chi connectivity index (χ2v) is 8.73. The summed E-state index contributed by atoms with van der Waals surface area (Å²) >= 11 is 0. The third kappa shape index (κ3) is 5.39. The van der Waals surface area contributed by atoms with E-state index in [2.05, 4.69) is 46.3 Å². The predicted molar refractivity (Wildman–Crippen MR) is 121 cm³/mol. The highest BCUT2D eigenvalue weighted by Crippen LogP contribution is 2.22. The average molecular weight is 392 g/mol. The maximum atomic E-state index is 12.6. The lowest BCUT2D eigenvalue weighted by Gasteiger charge is -2.30. The number of nitrogens with one attached hydrogen (secondary N) is 1. The van der Waals surface area contributed by atoms with Gasteiger partial charge >= 0.3 is 0 Å². The number of benzene rings is 2. The van der Waals surface area contributed by atoms with Crippen molar-refractivity contribution in [3.63, 3.8) is 0 Å². The molecule has 2 heterocycles. The highest BCUT2D eigenvalue weighted by molar-refractivity contribution is 6.04. The summed E-state index contributed by atoms with van der Waals surface area (Å²) in [5.74, 6) is 0.740. The number of carbonyl (C=O) groups excluding carboxylic acids is 1. The zero-order valence-corrected chi connectivity index (χ0v) is 17.6. The van der Waals surface area contributed by atoms with Crippen LogP contribution in [0.25, 0.3) is 0 Å². The van der Waals surface area contributed by atoms with Crippen molar-refractivity contribution in [1.82, 2.24) is 4.90 Å². The Morgan fingerprint density at radius 3 is 2.34 bits per heavy atom. The first-order chi connectivity index (χ1) is 14.2. The normalized spacial score (nSPS) is 20.4. The van der Waals surface area contributed by atoms with Crippen molar-refractivity contribution in [2.45, 2.75) is 45.6 Å². The van der Waals surface area contributed by atoms with Crippen LogP contribution in [0, 0.1) is 5.92 Å². The molecular formula is C25H33N3O. The molecule has 2 aromatic carbocycles. The lowest BCUT2D eigenvalue weighted by molar-refractivity contribution is 0.102. The number of likely N-dealkylation sites (tertiary alicyclic amines) is 1. The first-order valence-corrected chi connectivity index (χ1v) is 11.1. The summed E-state index contributed by atoms with van der Waals surface area (Å²) < 4.78 is 0. The maximum Gasteiger partial charge on any atom is 0.255 e. The van der Waals surface area contributed by atoms with Crippen LogP contribution in [0.4, 0.5) is 11.4 Å². The van der Waals surface area contributed by atoms with Gasteiger partial charge in [0.05, 0.1) is 0 Å². The minimum atomic E-state index is -0.0473. The zero-order chi connectivity index (χ0) is 20.1. The molecule has 2 aliphatic rings. The fourth-order valence-electron chi connectivity index (χ4n) is 4.56. The van der Waals surface area contributed by atoms with Crippen LogP contribution in [0.1, 0.15) is 54.9 Å². The van der Waals surface area contributed by atoms with Crippen LogP contribution >= 0.6 is 0 Å². The Hall–Kier alpha value is -2.33. The minimum Gasteiger partial charge on any atom is -0.372 e. The molecule has 2 aromatic rings. The second-order valence-electron chi connectivity index (χ2n) is 8.73. The van der Waals surface area contributed by atoms with Gasteiger partial charge in [-0.1, -0.05) is 19.1 Å². The van der Waals surface area contributed by atoms with Crippen molar-refractivity contribution in [2.24, 2.45) is 5.92 Å². The van der Waals surface area contributed by atoms with E-state index in [0.717, 1.165) is 31.2 Å². The van der Waals surface area contributed by atoms with Crippen LogP contribution in [-0.4, -0.2) is 37.0 Å². The number of hydrogen-bond donors (Lipinski definition) is 1. The number of nitrogens with zero attached hydrogens (tertiary/aromatic N) is 2. The zero-order valence-electron chi connectivity index (χ0n) is 17.6. The van der Waals surface area contributed by atoms with E-state index < -0.39 is 0 Å². The third-order valence-corrected chi connectivity index (χ3v) is 6.21. The van der Waals surface area contributed by atoms with Crippen molar-refractivity contribution in [3.05, 3.63) is 59.7 Å². The van der Waals surface area contributed by atoms with Gasteiger partial charge in [-0.05, 0) is 86.5 Å². The van der Waals surface area contributed by atoms with Crippen molar-refractivity contribution in [2.75, 3.05) is 36.4 Å². The molecule has 1 atom stereocenters. The molecule has 2 fully saturated rings. The lowest BCUT2D eigenvalue weighted by Crippen LogP contribution is -2.33. The van der Waals surface area contributed by atoms with Crippen LogP contribution < -0.4 is 10.2 Å². The summed E-state index contributed by atoms with van der Waals surface area (Å²) in [7, 11) is 0. The SMILES string of the molecule is C[C@@H]1CCCN(Cc2ccc(C(=O)Nc3ccc(N4CCCCC4)cc3)cc2)C1. The molecule has 4 nitrogen and oxygen atoms in total. The molecule has 2 saturated heterocycles. The summed E-state index contributed by atoms with van der Waals surface area (Å²) in [5, 5.41) is 3.03. The average Bonchev–Trinajstić information content (AvgIpc) is 2.75. The van der Waals surface area contributed by atoms with Gasteiger partial charge in [-0.2, -0.15) is 0 Å². The fraction of sp³-hybridized carbons (Fsp3) is 0.480. The van der Waals surface area contributed by atoms with Gasteiger partial charge in [0.15, 0.2) is 0 Å². The molecule has 0 unspecified atom stereocenters. The molecule has 4 rings (SSSR count). The van der Waals surface area contributed by atoms with Crippen LogP contribution in [0.2, 0.25) is 0 Å². The van der Waals surface area contributed by atoms with E-state index in [1.54, 1.807) is 0 Å². The van der Waals surface area contributed by atoms with Crippen LogP contribution in [0.15, 0.2) is 48.5 Å². The van der Waals surface area contributed by atoms with Gasteiger partial charge in [0.2, 0.25) is 0 Å². The Labute approximate surface area is 174 Å². The number of anilines is 2. The number of piperidine rings is 2. The monoisotopic (exact) mass is 391 g/mol. The summed E-state index contributed by atoms with van der Waals surface area (Å²) in [6, 6.07) is 16.3. The van der Waals surface area contributed by atoms with Crippen molar-refractivity contribution in [1.29, 1.82) is 0 Å². The van der Waals surface area contributed by atoms with E-state index in [4.69, 9.17) is 0 Å². The van der Waals surface area contributed by atoms with Gasteiger partial charge in [0.1, 0.15) is 0 Å². The maximum absolute atomic E-state index is 12.6. The summed E-state index contributed by atoms with van der Waals surface area (Å²) in [5.41, 5.74) is 4.09. The minimum absolute atomic E-state index is 0.0473. The molecule has 4 heteroatoms.